The molecule has 0 aromatic heterocycles. The maximum Gasteiger partial charge on any atom is 0.344 e. The SMILES string of the molecule is CCc1ccc(NC(=O)[C@@H](C)OC(=O)COc2cccc(C(C)=O)c2)cc1. The highest BCUT2D eigenvalue weighted by Gasteiger charge is 2.18. The Hall–Kier alpha value is -3.15. The highest BCUT2D eigenvalue weighted by Crippen LogP contribution is 2.14. The molecule has 1 atom stereocenters. The Labute approximate surface area is 158 Å². The Morgan fingerprint density at radius 2 is 1.78 bits per heavy atom. The zero-order valence-corrected chi connectivity index (χ0v) is 15.7. The quantitative estimate of drug-likeness (QED) is 0.570. The summed E-state index contributed by atoms with van der Waals surface area (Å²) in [6.07, 6.45) is -0.0482. The largest absolute Gasteiger partial charge is 0.482 e. The predicted octanol–water partition coefficient (Wildman–Crippen LogP) is 3.40. The number of Topliss-reactive ketones (excluding diaryl/α,β-unsaturated/α-hetero) is 1. The molecule has 2 aromatic carbocycles. The van der Waals surface area contributed by atoms with Crippen LogP contribution in [0.2, 0.25) is 0 Å². The summed E-state index contributed by atoms with van der Waals surface area (Å²) < 4.78 is 10.4. The van der Waals surface area contributed by atoms with Gasteiger partial charge in [0, 0.05) is 11.3 Å². The Balaban J connectivity index is 1.82. The smallest absolute Gasteiger partial charge is 0.344 e. The molecule has 1 amide bonds. The Kier molecular flexibility index (Phi) is 7.11. The van der Waals surface area contributed by atoms with E-state index in [1.807, 2.05) is 19.1 Å². The summed E-state index contributed by atoms with van der Waals surface area (Å²) in [4.78, 5) is 35.4. The highest BCUT2D eigenvalue weighted by molar-refractivity contribution is 5.95. The third-order valence-electron chi connectivity index (χ3n) is 3.90. The molecule has 6 heteroatoms. The Morgan fingerprint density at radius 3 is 2.41 bits per heavy atom. The van der Waals surface area contributed by atoms with E-state index in [0.717, 1.165) is 6.42 Å². The molecular formula is C21H23NO5. The van der Waals surface area contributed by atoms with Gasteiger partial charge in [-0.05, 0) is 50.1 Å². The number of anilines is 1. The van der Waals surface area contributed by atoms with Crippen LogP contribution >= 0.6 is 0 Å². The molecule has 0 spiro atoms. The van der Waals surface area contributed by atoms with E-state index in [1.165, 1.54) is 19.4 Å². The molecule has 2 rings (SSSR count). The fraction of sp³-hybridized carbons (Fsp3) is 0.286. The number of benzene rings is 2. The average Bonchev–Trinajstić information content (AvgIpc) is 2.67. The first-order chi connectivity index (χ1) is 12.9. The van der Waals surface area contributed by atoms with Crippen LogP contribution in [-0.4, -0.2) is 30.4 Å². The number of amides is 1. The summed E-state index contributed by atoms with van der Waals surface area (Å²) in [5, 5.41) is 2.70. The van der Waals surface area contributed by atoms with Crippen LogP contribution in [0.25, 0.3) is 0 Å². The van der Waals surface area contributed by atoms with Gasteiger partial charge in [0.05, 0.1) is 0 Å². The molecule has 0 unspecified atom stereocenters. The fourth-order valence-electron chi connectivity index (χ4n) is 2.30. The summed E-state index contributed by atoms with van der Waals surface area (Å²) in [6, 6.07) is 14.0. The lowest BCUT2D eigenvalue weighted by molar-refractivity contribution is -0.155. The lowest BCUT2D eigenvalue weighted by atomic mass is 10.1. The van der Waals surface area contributed by atoms with Crippen molar-refractivity contribution in [2.75, 3.05) is 11.9 Å². The van der Waals surface area contributed by atoms with Crippen molar-refractivity contribution in [2.45, 2.75) is 33.3 Å². The third-order valence-corrected chi connectivity index (χ3v) is 3.90. The molecule has 0 aliphatic carbocycles. The summed E-state index contributed by atoms with van der Waals surface area (Å²) in [5.41, 5.74) is 2.29. The minimum Gasteiger partial charge on any atom is -0.482 e. The normalized spacial score (nSPS) is 11.4. The number of hydrogen-bond acceptors (Lipinski definition) is 5. The zero-order valence-electron chi connectivity index (χ0n) is 15.7. The van der Waals surface area contributed by atoms with Crippen LogP contribution in [0.1, 0.15) is 36.7 Å². The number of rotatable bonds is 8. The van der Waals surface area contributed by atoms with Crippen LogP contribution in [0.5, 0.6) is 5.75 Å². The van der Waals surface area contributed by atoms with E-state index < -0.39 is 18.0 Å². The Morgan fingerprint density at radius 1 is 1.07 bits per heavy atom. The van der Waals surface area contributed by atoms with Crippen LogP contribution in [0, 0.1) is 0 Å². The van der Waals surface area contributed by atoms with Crippen LogP contribution in [0.15, 0.2) is 48.5 Å². The van der Waals surface area contributed by atoms with Crippen molar-refractivity contribution in [3.63, 3.8) is 0 Å². The van der Waals surface area contributed by atoms with E-state index in [1.54, 1.807) is 36.4 Å². The summed E-state index contributed by atoms with van der Waals surface area (Å²) in [6.45, 7) is 4.63. The van der Waals surface area contributed by atoms with Crippen LogP contribution < -0.4 is 10.1 Å². The lowest BCUT2D eigenvalue weighted by Crippen LogP contribution is -2.31. The topological polar surface area (TPSA) is 81.7 Å². The molecule has 0 saturated carbocycles. The molecule has 0 heterocycles. The minimum atomic E-state index is -0.962. The van der Waals surface area contributed by atoms with Gasteiger partial charge in [0.1, 0.15) is 5.75 Å². The maximum atomic E-state index is 12.1. The molecule has 27 heavy (non-hydrogen) atoms. The van der Waals surface area contributed by atoms with E-state index in [-0.39, 0.29) is 12.4 Å². The molecule has 142 valence electrons. The molecule has 2 aromatic rings. The maximum absolute atomic E-state index is 12.1. The van der Waals surface area contributed by atoms with Crippen molar-refractivity contribution in [3.8, 4) is 5.75 Å². The van der Waals surface area contributed by atoms with Gasteiger partial charge in [-0.1, -0.05) is 31.2 Å². The molecule has 0 aliphatic heterocycles. The lowest BCUT2D eigenvalue weighted by Gasteiger charge is -2.14. The van der Waals surface area contributed by atoms with Gasteiger partial charge in [0.25, 0.3) is 5.91 Å². The van der Waals surface area contributed by atoms with Crippen molar-refractivity contribution in [1.82, 2.24) is 0 Å². The van der Waals surface area contributed by atoms with E-state index in [0.29, 0.717) is 17.0 Å². The fourth-order valence-corrected chi connectivity index (χ4v) is 2.30. The number of ether oxygens (including phenoxy) is 2. The Bertz CT molecular complexity index is 814. The number of aryl methyl sites for hydroxylation is 1. The van der Waals surface area contributed by atoms with Crippen molar-refractivity contribution in [2.24, 2.45) is 0 Å². The summed E-state index contributed by atoms with van der Waals surface area (Å²) in [5.74, 6) is -0.813. The molecular weight excluding hydrogens is 346 g/mol. The summed E-state index contributed by atoms with van der Waals surface area (Å²) >= 11 is 0. The number of carbonyl (C=O) groups is 3. The molecule has 0 aliphatic rings. The number of ketones is 1. The monoisotopic (exact) mass is 369 g/mol. The van der Waals surface area contributed by atoms with Gasteiger partial charge in [0.2, 0.25) is 0 Å². The van der Waals surface area contributed by atoms with Crippen LogP contribution in [-0.2, 0) is 20.7 Å². The average molecular weight is 369 g/mol. The van der Waals surface area contributed by atoms with Crippen molar-refractivity contribution in [3.05, 3.63) is 59.7 Å². The van der Waals surface area contributed by atoms with Gasteiger partial charge in [-0.15, -0.1) is 0 Å². The van der Waals surface area contributed by atoms with Gasteiger partial charge in [0.15, 0.2) is 18.5 Å². The van der Waals surface area contributed by atoms with Gasteiger partial charge < -0.3 is 14.8 Å². The van der Waals surface area contributed by atoms with Gasteiger partial charge in [-0.3, -0.25) is 9.59 Å². The molecule has 0 radical (unpaired) electrons. The second-order valence-electron chi connectivity index (χ2n) is 6.04. The number of esters is 1. The summed E-state index contributed by atoms with van der Waals surface area (Å²) in [7, 11) is 0. The van der Waals surface area contributed by atoms with E-state index >= 15 is 0 Å². The first kappa shape index (κ1) is 20.2. The zero-order chi connectivity index (χ0) is 19.8. The third kappa shape index (κ3) is 6.26. The predicted molar refractivity (Wildman–Crippen MR) is 102 cm³/mol. The van der Waals surface area contributed by atoms with E-state index in [2.05, 4.69) is 5.32 Å². The second-order valence-corrected chi connectivity index (χ2v) is 6.04. The number of hydrogen-bond donors (Lipinski definition) is 1. The van der Waals surface area contributed by atoms with Crippen molar-refractivity contribution < 1.29 is 23.9 Å². The molecule has 0 fully saturated rings. The standard InChI is InChI=1S/C21H23NO5/c1-4-16-8-10-18(11-9-16)22-21(25)15(3)27-20(24)13-26-19-7-5-6-17(12-19)14(2)23/h5-12,15H,4,13H2,1-3H3,(H,22,25)/t15-/m1/s1. The highest BCUT2D eigenvalue weighted by atomic mass is 16.6. The van der Waals surface area contributed by atoms with Crippen LogP contribution in [0.4, 0.5) is 5.69 Å². The first-order valence-electron chi connectivity index (χ1n) is 8.72. The van der Waals surface area contributed by atoms with Crippen molar-refractivity contribution in [1.29, 1.82) is 0 Å². The van der Waals surface area contributed by atoms with Crippen molar-refractivity contribution >= 4 is 23.3 Å². The molecule has 0 saturated heterocycles. The van der Waals surface area contributed by atoms with Gasteiger partial charge >= 0.3 is 5.97 Å². The minimum absolute atomic E-state index is 0.0970. The van der Waals surface area contributed by atoms with Gasteiger partial charge in [-0.25, -0.2) is 4.79 Å². The van der Waals surface area contributed by atoms with E-state index in [4.69, 9.17) is 9.47 Å². The molecule has 1 N–H and O–H groups in total. The first-order valence-corrected chi connectivity index (χ1v) is 8.72. The second kappa shape index (κ2) is 9.52. The van der Waals surface area contributed by atoms with Gasteiger partial charge in [-0.2, -0.15) is 0 Å². The number of carbonyl (C=O) groups excluding carboxylic acids is 3. The molecule has 6 nitrogen and oxygen atoms in total. The van der Waals surface area contributed by atoms with Crippen LogP contribution in [0.3, 0.4) is 0 Å². The number of nitrogens with one attached hydrogen (secondary N) is 1. The van der Waals surface area contributed by atoms with E-state index in [9.17, 15) is 14.4 Å². The molecule has 0 bridgehead atoms.